The summed E-state index contributed by atoms with van der Waals surface area (Å²) in [7, 11) is 0. The first-order valence-electron chi connectivity index (χ1n) is 11.5. The lowest BCUT2D eigenvalue weighted by atomic mass is 9.95. The fraction of sp³-hybridized carbons (Fsp3) is 0.100. The number of rotatable bonds is 7. The summed E-state index contributed by atoms with van der Waals surface area (Å²) >= 11 is 0. The van der Waals surface area contributed by atoms with Crippen molar-refractivity contribution in [2.75, 3.05) is 11.4 Å². The van der Waals surface area contributed by atoms with E-state index in [9.17, 15) is 5.26 Å². The molecule has 0 spiro atoms. The first-order valence-corrected chi connectivity index (χ1v) is 11.5. The highest BCUT2D eigenvalue weighted by molar-refractivity contribution is 5.89. The second-order valence-electron chi connectivity index (χ2n) is 8.28. The van der Waals surface area contributed by atoms with Gasteiger partial charge in [-0.2, -0.15) is 5.26 Å². The summed E-state index contributed by atoms with van der Waals surface area (Å²) in [5.41, 5.74) is 7.58. The molecule has 4 aromatic rings. The van der Waals surface area contributed by atoms with E-state index in [2.05, 4.69) is 51.4 Å². The van der Waals surface area contributed by atoms with E-state index in [0.29, 0.717) is 25.3 Å². The van der Waals surface area contributed by atoms with Gasteiger partial charge in [0, 0.05) is 30.7 Å². The SMILES string of the molecule is N#Cc1ccccc1C1=CC(c2ccccn2)=CN(c2cncc(COCc3ccccc3)c2)C1. The molecule has 0 saturated carbocycles. The summed E-state index contributed by atoms with van der Waals surface area (Å²) in [6.07, 6.45) is 9.69. The minimum Gasteiger partial charge on any atom is -0.372 e. The van der Waals surface area contributed by atoms with Crippen molar-refractivity contribution >= 4 is 16.8 Å². The average Bonchev–Trinajstić information content (AvgIpc) is 2.94. The standard InChI is InChI=1S/C30H24N4O/c31-16-25-10-4-5-11-29(25)26-15-27(30-12-6-7-13-33-30)20-34(19-26)28-14-24(17-32-18-28)22-35-21-23-8-2-1-3-9-23/h1-15,17-18,20H,19,21-22H2. The molecule has 1 aliphatic rings. The van der Waals surface area contributed by atoms with Gasteiger partial charge in [0.1, 0.15) is 0 Å². The van der Waals surface area contributed by atoms with E-state index in [1.54, 1.807) is 6.20 Å². The van der Waals surface area contributed by atoms with Crippen molar-refractivity contribution < 1.29 is 4.74 Å². The molecule has 1 aliphatic heterocycles. The van der Waals surface area contributed by atoms with Gasteiger partial charge in [-0.15, -0.1) is 0 Å². The van der Waals surface area contributed by atoms with E-state index in [-0.39, 0.29) is 0 Å². The van der Waals surface area contributed by atoms with Crippen LogP contribution in [0.2, 0.25) is 0 Å². The lowest BCUT2D eigenvalue weighted by molar-refractivity contribution is 0.107. The van der Waals surface area contributed by atoms with E-state index in [1.807, 2.05) is 73.1 Å². The Kier molecular flexibility index (Phi) is 6.75. The Morgan fingerprint density at radius 2 is 1.69 bits per heavy atom. The Morgan fingerprint density at radius 1 is 0.886 bits per heavy atom. The number of aromatic nitrogens is 2. The van der Waals surface area contributed by atoms with Gasteiger partial charge >= 0.3 is 0 Å². The van der Waals surface area contributed by atoms with Gasteiger partial charge in [-0.25, -0.2) is 0 Å². The molecule has 3 heterocycles. The molecule has 0 saturated heterocycles. The summed E-state index contributed by atoms with van der Waals surface area (Å²) in [5.74, 6) is 0. The third-order valence-electron chi connectivity index (χ3n) is 5.81. The lowest BCUT2D eigenvalue weighted by Crippen LogP contribution is -2.23. The molecule has 0 N–H and O–H groups in total. The Balaban J connectivity index is 1.43. The van der Waals surface area contributed by atoms with Crippen molar-refractivity contribution in [2.45, 2.75) is 13.2 Å². The van der Waals surface area contributed by atoms with Crippen LogP contribution in [0.1, 0.15) is 27.9 Å². The molecule has 0 bridgehead atoms. The Labute approximate surface area is 205 Å². The molecule has 2 aromatic heterocycles. The zero-order valence-electron chi connectivity index (χ0n) is 19.2. The zero-order valence-corrected chi connectivity index (χ0v) is 19.2. The largest absolute Gasteiger partial charge is 0.372 e. The van der Waals surface area contributed by atoms with E-state index < -0.39 is 0 Å². The first-order chi connectivity index (χ1) is 17.3. The summed E-state index contributed by atoms with van der Waals surface area (Å²) < 4.78 is 5.93. The van der Waals surface area contributed by atoms with Crippen LogP contribution in [0.5, 0.6) is 0 Å². The molecule has 0 unspecified atom stereocenters. The Bertz CT molecular complexity index is 1410. The number of nitriles is 1. The highest BCUT2D eigenvalue weighted by atomic mass is 16.5. The normalized spacial score (nSPS) is 13.1. The molecule has 170 valence electrons. The molecule has 5 nitrogen and oxygen atoms in total. The van der Waals surface area contributed by atoms with Gasteiger partial charge in [0.25, 0.3) is 0 Å². The minimum absolute atomic E-state index is 0.473. The van der Waals surface area contributed by atoms with Gasteiger partial charge in [0.15, 0.2) is 0 Å². The van der Waals surface area contributed by atoms with Crippen molar-refractivity contribution in [1.82, 2.24) is 9.97 Å². The van der Waals surface area contributed by atoms with Crippen LogP contribution in [0, 0.1) is 11.3 Å². The van der Waals surface area contributed by atoms with E-state index >= 15 is 0 Å². The van der Waals surface area contributed by atoms with E-state index in [0.717, 1.165) is 39.2 Å². The molecule has 35 heavy (non-hydrogen) atoms. The van der Waals surface area contributed by atoms with Gasteiger partial charge in [-0.05, 0) is 52.6 Å². The van der Waals surface area contributed by atoms with Crippen molar-refractivity contribution in [2.24, 2.45) is 0 Å². The molecular weight excluding hydrogens is 432 g/mol. The molecule has 0 radical (unpaired) electrons. The number of allylic oxidation sites excluding steroid dienone is 2. The van der Waals surface area contributed by atoms with Crippen LogP contribution in [0.15, 0.2) is 110 Å². The predicted octanol–water partition coefficient (Wildman–Crippen LogP) is 6.01. The number of pyridine rings is 2. The van der Waals surface area contributed by atoms with Crippen LogP contribution in [0.25, 0.3) is 11.1 Å². The molecule has 0 aliphatic carbocycles. The van der Waals surface area contributed by atoms with Crippen LogP contribution < -0.4 is 4.90 Å². The molecule has 0 amide bonds. The maximum atomic E-state index is 9.67. The number of nitrogens with zero attached hydrogens (tertiary/aromatic N) is 4. The monoisotopic (exact) mass is 456 g/mol. The van der Waals surface area contributed by atoms with Gasteiger partial charge in [0.2, 0.25) is 0 Å². The van der Waals surface area contributed by atoms with Crippen LogP contribution in [0.4, 0.5) is 5.69 Å². The van der Waals surface area contributed by atoms with E-state index in [1.165, 1.54) is 0 Å². The Morgan fingerprint density at radius 3 is 2.51 bits per heavy atom. The highest BCUT2D eigenvalue weighted by Crippen LogP contribution is 2.32. The molecular formula is C30H24N4O. The minimum atomic E-state index is 0.473. The number of ether oxygens (including phenoxy) is 1. The smallest absolute Gasteiger partial charge is 0.0998 e. The van der Waals surface area contributed by atoms with Crippen molar-refractivity contribution in [3.63, 3.8) is 0 Å². The topological polar surface area (TPSA) is 62.0 Å². The molecule has 5 heteroatoms. The first kappa shape index (κ1) is 22.3. The molecule has 0 fully saturated rings. The maximum absolute atomic E-state index is 9.67. The van der Waals surface area contributed by atoms with Gasteiger partial charge in [-0.3, -0.25) is 9.97 Å². The van der Waals surface area contributed by atoms with Crippen LogP contribution >= 0.6 is 0 Å². The van der Waals surface area contributed by atoms with Crippen molar-refractivity contribution in [1.29, 1.82) is 5.26 Å². The summed E-state index contributed by atoms with van der Waals surface area (Å²) in [6.45, 7) is 1.64. The van der Waals surface area contributed by atoms with Gasteiger partial charge in [0.05, 0.1) is 42.4 Å². The summed E-state index contributed by atoms with van der Waals surface area (Å²) in [6, 6.07) is 28.1. The fourth-order valence-corrected chi connectivity index (χ4v) is 4.10. The summed E-state index contributed by atoms with van der Waals surface area (Å²) in [5, 5.41) is 9.67. The third kappa shape index (κ3) is 5.35. The van der Waals surface area contributed by atoms with Gasteiger partial charge < -0.3 is 9.64 Å². The fourth-order valence-electron chi connectivity index (χ4n) is 4.10. The van der Waals surface area contributed by atoms with E-state index in [4.69, 9.17) is 4.74 Å². The van der Waals surface area contributed by atoms with Crippen molar-refractivity contribution in [3.8, 4) is 6.07 Å². The Hall–Kier alpha value is -4.53. The quantitative estimate of drug-likeness (QED) is 0.341. The molecule has 2 aromatic carbocycles. The number of benzene rings is 2. The second-order valence-corrected chi connectivity index (χ2v) is 8.28. The van der Waals surface area contributed by atoms with Crippen molar-refractivity contribution in [3.05, 3.63) is 138 Å². The predicted molar refractivity (Wildman–Crippen MR) is 138 cm³/mol. The molecule has 0 atom stereocenters. The lowest BCUT2D eigenvalue weighted by Gasteiger charge is -2.28. The van der Waals surface area contributed by atoms with Crippen LogP contribution in [-0.2, 0) is 18.0 Å². The molecule has 5 rings (SSSR count). The third-order valence-corrected chi connectivity index (χ3v) is 5.81. The maximum Gasteiger partial charge on any atom is 0.0998 e. The number of hydrogen-bond donors (Lipinski definition) is 0. The van der Waals surface area contributed by atoms with Crippen LogP contribution in [0.3, 0.4) is 0 Å². The highest BCUT2D eigenvalue weighted by Gasteiger charge is 2.19. The number of anilines is 1. The zero-order chi connectivity index (χ0) is 23.9. The average molecular weight is 457 g/mol. The van der Waals surface area contributed by atoms with Crippen LogP contribution in [-0.4, -0.2) is 16.5 Å². The van der Waals surface area contributed by atoms with Gasteiger partial charge in [-0.1, -0.05) is 54.6 Å². The number of hydrogen-bond acceptors (Lipinski definition) is 5. The summed E-state index contributed by atoms with van der Waals surface area (Å²) in [4.78, 5) is 11.2. The second kappa shape index (κ2) is 10.6.